The minimum Gasteiger partial charge on any atom is -0.466 e. The van der Waals surface area contributed by atoms with E-state index in [0.717, 1.165) is 0 Å². The highest BCUT2D eigenvalue weighted by atomic mass is 19.1. The zero-order chi connectivity index (χ0) is 22.3. The molecule has 2 N–H and O–H groups in total. The molecule has 0 saturated carbocycles. The topological polar surface area (TPSA) is 97.3 Å². The third kappa shape index (κ3) is 3.94. The maximum atomic E-state index is 14.6. The highest BCUT2D eigenvalue weighted by Gasteiger charge is 2.52. The van der Waals surface area contributed by atoms with Crippen molar-refractivity contribution >= 4 is 30.1 Å². The number of benzene rings is 1. The van der Waals surface area contributed by atoms with Crippen LogP contribution in [0.2, 0.25) is 0 Å². The van der Waals surface area contributed by atoms with Crippen LogP contribution in [0, 0.1) is 5.82 Å². The first kappa shape index (κ1) is 22.3. The fraction of sp³-hybridized carbons (Fsp3) is 0.500. The molecule has 8 nitrogen and oxygen atoms in total. The fourth-order valence-electron chi connectivity index (χ4n) is 3.27. The average Bonchev–Trinajstić information content (AvgIpc) is 3.09. The molecule has 0 aromatic heterocycles. The lowest BCUT2D eigenvalue weighted by Gasteiger charge is -2.32. The van der Waals surface area contributed by atoms with Crippen molar-refractivity contribution in [3.63, 3.8) is 0 Å². The second-order valence-electron chi connectivity index (χ2n) is 8.24. The van der Waals surface area contributed by atoms with Crippen molar-refractivity contribution in [1.29, 1.82) is 0 Å². The number of β-amino-alcohol motifs (C(OH)–C–C–N with tert-alkyl or cyclic N) is 1. The van der Waals surface area contributed by atoms with E-state index in [-0.39, 0.29) is 36.4 Å². The lowest BCUT2D eigenvalue weighted by molar-refractivity contribution is -0.136. The summed E-state index contributed by atoms with van der Waals surface area (Å²) in [5.74, 6) is -1.62. The Balaban J connectivity index is 1.91. The van der Waals surface area contributed by atoms with E-state index < -0.39 is 36.0 Å². The molecule has 1 aromatic rings. The molecule has 0 aliphatic carbocycles. The summed E-state index contributed by atoms with van der Waals surface area (Å²) in [6.07, 6.45) is 0. The van der Waals surface area contributed by atoms with Crippen LogP contribution in [-0.4, -0.2) is 67.0 Å². The normalized spacial score (nSPS) is 20.2. The number of hydrogen-bond donors (Lipinski definition) is 2. The Bertz CT molecular complexity index is 885. The average molecular weight is 420 g/mol. The lowest BCUT2D eigenvalue weighted by Crippen LogP contribution is -2.41. The van der Waals surface area contributed by atoms with Crippen molar-refractivity contribution in [2.24, 2.45) is 0 Å². The summed E-state index contributed by atoms with van der Waals surface area (Å²) in [6, 6.07) is 4.18. The quantitative estimate of drug-likeness (QED) is 0.519. The third-order valence-electron chi connectivity index (χ3n) is 5.73. The van der Waals surface area contributed by atoms with Gasteiger partial charge in [-0.25, -0.2) is 9.18 Å². The number of aliphatic hydroxyl groups excluding tert-OH is 1. The van der Waals surface area contributed by atoms with Gasteiger partial charge < -0.3 is 29.4 Å². The molecule has 30 heavy (non-hydrogen) atoms. The number of methoxy groups -OCH3 is 1. The van der Waals surface area contributed by atoms with Gasteiger partial charge in [-0.2, -0.15) is 0 Å². The van der Waals surface area contributed by atoms with E-state index >= 15 is 0 Å². The van der Waals surface area contributed by atoms with Crippen molar-refractivity contribution < 1.29 is 33.1 Å². The molecule has 1 aromatic carbocycles. The van der Waals surface area contributed by atoms with Crippen LogP contribution in [0.5, 0.6) is 0 Å². The minimum atomic E-state index is -0.920. The molecule has 0 unspecified atom stereocenters. The first-order valence-corrected chi connectivity index (χ1v) is 9.64. The van der Waals surface area contributed by atoms with Crippen LogP contribution in [0.15, 0.2) is 29.5 Å². The van der Waals surface area contributed by atoms with Crippen LogP contribution in [0.1, 0.15) is 27.7 Å². The predicted molar refractivity (Wildman–Crippen MR) is 108 cm³/mol. The first-order valence-electron chi connectivity index (χ1n) is 9.64. The molecule has 2 aliphatic heterocycles. The zero-order valence-electron chi connectivity index (χ0n) is 17.7. The third-order valence-corrected chi connectivity index (χ3v) is 5.73. The second-order valence-corrected chi connectivity index (χ2v) is 8.24. The molecular formula is C20H26BFN2O6. The van der Waals surface area contributed by atoms with E-state index in [1.165, 1.54) is 30.2 Å². The second kappa shape index (κ2) is 8.01. The molecule has 1 amide bonds. The van der Waals surface area contributed by atoms with Crippen LogP contribution in [-0.2, 0) is 23.6 Å². The molecule has 2 heterocycles. The van der Waals surface area contributed by atoms with Crippen LogP contribution >= 0.6 is 0 Å². The minimum absolute atomic E-state index is 0.0136. The van der Waals surface area contributed by atoms with Crippen molar-refractivity contribution in [2.45, 2.75) is 38.9 Å². The van der Waals surface area contributed by atoms with Crippen LogP contribution in [0.3, 0.4) is 0 Å². The smallest absolute Gasteiger partial charge is 0.466 e. The molecule has 0 bridgehead atoms. The van der Waals surface area contributed by atoms with E-state index in [0.29, 0.717) is 5.69 Å². The molecule has 1 fully saturated rings. The molecule has 1 saturated heterocycles. The number of carbonyl (C=O) groups excluding carboxylic acids is 2. The van der Waals surface area contributed by atoms with Gasteiger partial charge in [0, 0.05) is 17.7 Å². The van der Waals surface area contributed by atoms with Gasteiger partial charge in [-0.3, -0.25) is 4.79 Å². The number of anilines is 1. The predicted octanol–water partition coefficient (Wildman–Crippen LogP) is 0.798. The maximum Gasteiger partial charge on any atom is 0.497 e. The maximum absolute atomic E-state index is 14.6. The van der Waals surface area contributed by atoms with Crippen molar-refractivity contribution in [3.05, 3.63) is 35.3 Å². The van der Waals surface area contributed by atoms with E-state index in [1.54, 1.807) is 0 Å². The number of nitrogens with zero attached hydrogens (tertiary/aromatic N) is 1. The summed E-state index contributed by atoms with van der Waals surface area (Å²) in [4.78, 5) is 26.1. The van der Waals surface area contributed by atoms with Gasteiger partial charge in [-0.05, 0) is 45.9 Å². The highest BCUT2D eigenvalue weighted by Crippen LogP contribution is 2.37. The summed E-state index contributed by atoms with van der Waals surface area (Å²) in [5, 5.41) is 12.1. The summed E-state index contributed by atoms with van der Waals surface area (Å²) >= 11 is 0. The molecule has 0 spiro atoms. The molecule has 0 radical (unpaired) electrons. The summed E-state index contributed by atoms with van der Waals surface area (Å²) in [5.41, 5.74) is -0.548. The van der Waals surface area contributed by atoms with Crippen LogP contribution in [0.4, 0.5) is 10.1 Å². The molecule has 162 valence electrons. The number of carbonyl (C=O) groups is 2. The summed E-state index contributed by atoms with van der Waals surface area (Å²) < 4.78 is 31.2. The van der Waals surface area contributed by atoms with Gasteiger partial charge in [0.1, 0.15) is 11.5 Å². The molecule has 3 rings (SSSR count). The monoisotopic (exact) mass is 420 g/mol. The Morgan fingerprint density at radius 1 is 1.30 bits per heavy atom. The number of hydrogen-bond acceptors (Lipinski definition) is 7. The number of aliphatic hydroxyl groups is 1. The Morgan fingerprint density at radius 3 is 2.50 bits per heavy atom. The van der Waals surface area contributed by atoms with Gasteiger partial charge >= 0.3 is 13.1 Å². The largest absolute Gasteiger partial charge is 0.497 e. The Morgan fingerprint density at radius 2 is 1.93 bits per heavy atom. The number of esters is 1. The van der Waals surface area contributed by atoms with Gasteiger partial charge in [0.05, 0.1) is 37.0 Å². The van der Waals surface area contributed by atoms with Crippen molar-refractivity contribution in [1.82, 2.24) is 4.90 Å². The van der Waals surface area contributed by atoms with Gasteiger partial charge in [-0.1, -0.05) is 0 Å². The summed E-state index contributed by atoms with van der Waals surface area (Å²) in [7, 11) is 0.302. The van der Waals surface area contributed by atoms with Crippen molar-refractivity contribution in [3.8, 4) is 0 Å². The van der Waals surface area contributed by atoms with Gasteiger partial charge in [-0.15, -0.1) is 0 Å². The van der Waals surface area contributed by atoms with Crippen molar-refractivity contribution in [2.75, 3.05) is 32.1 Å². The molecule has 0 atom stereocenters. The summed E-state index contributed by atoms with van der Waals surface area (Å²) in [6.45, 7) is 7.32. The zero-order valence-corrected chi connectivity index (χ0v) is 17.7. The molecular weight excluding hydrogens is 394 g/mol. The number of amides is 1. The Hall–Kier alpha value is -2.43. The fourth-order valence-corrected chi connectivity index (χ4v) is 3.27. The van der Waals surface area contributed by atoms with Gasteiger partial charge in [0.25, 0.3) is 5.91 Å². The highest BCUT2D eigenvalue weighted by molar-refractivity contribution is 6.62. The SMILES string of the molecule is COC(=O)C1=C(Nc2ccc(F)c(B3OC(C)(C)C(C)(C)O3)c2)C(=O)N(CCO)C1. The number of nitrogens with one attached hydrogen (secondary N) is 1. The number of halogens is 1. The number of ether oxygens (including phenoxy) is 1. The Labute approximate surface area is 175 Å². The van der Waals surface area contributed by atoms with E-state index in [4.69, 9.17) is 19.2 Å². The van der Waals surface area contributed by atoms with Gasteiger partial charge in [0.15, 0.2) is 0 Å². The van der Waals surface area contributed by atoms with E-state index in [9.17, 15) is 14.0 Å². The standard InChI is InChI=1S/C20H26BFN2O6/c1-19(2)20(3,4)30-21(29-19)14-10-12(6-7-15(14)22)23-16-13(18(27)28-5)11-24(8-9-25)17(16)26/h6-7,10,23,25H,8-9,11H2,1-5H3. The first-order chi connectivity index (χ1) is 14.0. The van der Waals surface area contributed by atoms with Crippen LogP contribution < -0.4 is 10.8 Å². The van der Waals surface area contributed by atoms with Crippen LogP contribution in [0.25, 0.3) is 0 Å². The lowest BCUT2D eigenvalue weighted by atomic mass is 9.78. The van der Waals surface area contributed by atoms with Gasteiger partial charge in [0.2, 0.25) is 0 Å². The van der Waals surface area contributed by atoms with E-state index in [2.05, 4.69) is 5.32 Å². The van der Waals surface area contributed by atoms with E-state index in [1.807, 2.05) is 27.7 Å². The molecule has 2 aliphatic rings. The molecule has 10 heteroatoms. The number of rotatable bonds is 6. The Kier molecular flexibility index (Phi) is 5.95.